The highest BCUT2D eigenvalue weighted by molar-refractivity contribution is 5.82. The molecule has 3 rings (SSSR count). The largest absolute Gasteiger partial charge is 0.103 e. The van der Waals surface area contributed by atoms with Crippen LogP contribution in [0.25, 0.3) is 5.57 Å². The molecule has 1 aromatic rings. The minimum Gasteiger partial charge on any atom is -0.103 e. The van der Waals surface area contributed by atoms with E-state index in [-0.39, 0.29) is 0 Å². The summed E-state index contributed by atoms with van der Waals surface area (Å²) in [7, 11) is 0. The molecule has 0 aliphatic heterocycles. The van der Waals surface area contributed by atoms with E-state index in [0.717, 1.165) is 19.3 Å². The van der Waals surface area contributed by atoms with Crippen LogP contribution in [0.2, 0.25) is 0 Å². The Hall–Kier alpha value is -1.82. The van der Waals surface area contributed by atoms with Crippen molar-refractivity contribution in [2.24, 2.45) is 0 Å². The molecule has 0 saturated carbocycles. The standard InChI is InChI=1S/C18H18/c1-2-3-8-15-13-18(14-9-5-4-6-10-14)17-12-7-11-16(15)17/h2,4-7,9-10,12H,1,3,8,11,13H2. The Bertz CT molecular complexity index is 553. The number of hydrogen-bond donors (Lipinski definition) is 0. The fourth-order valence-corrected chi connectivity index (χ4v) is 2.95. The molecule has 2 aliphatic carbocycles. The summed E-state index contributed by atoms with van der Waals surface area (Å²) in [5, 5.41) is 0. The number of hydrogen-bond acceptors (Lipinski definition) is 0. The molecule has 0 aromatic heterocycles. The monoisotopic (exact) mass is 234 g/mol. The lowest BCUT2D eigenvalue weighted by Crippen LogP contribution is -1.85. The van der Waals surface area contributed by atoms with Crippen molar-refractivity contribution < 1.29 is 0 Å². The van der Waals surface area contributed by atoms with E-state index in [4.69, 9.17) is 0 Å². The van der Waals surface area contributed by atoms with E-state index in [1.54, 1.807) is 11.1 Å². The second-order valence-electron chi connectivity index (χ2n) is 4.95. The van der Waals surface area contributed by atoms with Crippen molar-refractivity contribution in [2.45, 2.75) is 25.7 Å². The zero-order chi connectivity index (χ0) is 12.4. The molecule has 0 radical (unpaired) electrons. The summed E-state index contributed by atoms with van der Waals surface area (Å²) in [6.07, 6.45) is 11.1. The topological polar surface area (TPSA) is 0 Å². The van der Waals surface area contributed by atoms with Gasteiger partial charge in [0.2, 0.25) is 0 Å². The lowest BCUT2D eigenvalue weighted by Gasteiger charge is -2.06. The summed E-state index contributed by atoms with van der Waals surface area (Å²) < 4.78 is 0. The smallest absolute Gasteiger partial charge is 0.00488 e. The molecule has 0 heteroatoms. The first-order valence-corrected chi connectivity index (χ1v) is 6.67. The first-order chi connectivity index (χ1) is 8.90. The molecule has 0 amide bonds. The van der Waals surface area contributed by atoms with E-state index in [0.29, 0.717) is 0 Å². The molecule has 0 atom stereocenters. The van der Waals surface area contributed by atoms with Gasteiger partial charge in [0.25, 0.3) is 0 Å². The Kier molecular flexibility index (Phi) is 3.02. The highest BCUT2D eigenvalue weighted by atomic mass is 14.3. The third-order valence-electron chi connectivity index (χ3n) is 3.85. The average molecular weight is 234 g/mol. The Morgan fingerprint density at radius 3 is 2.72 bits per heavy atom. The number of rotatable bonds is 4. The van der Waals surface area contributed by atoms with Crippen LogP contribution < -0.4 is 0 Å². The predicted octanol–water partition coefficient (Wildman–Crippen LogP) is 5.07. The van der Waals surface area contributed by atoms with Crippen molar-refractivity contribution in [3.63, 3.8) is 0 Å². The fourth-order valence-electron chi connectivity index (χ4n) is 2.95. The van der Waals surface area contributed by atoms with Gasteiger partial charge in [0.05, 0.1) is 0 Å². The summed E-state index contributed by atoms with van der Waals surface area (Å²) in [4.78, 5) is 0. The molecule has 1 aromatic carbocycles. The predicted molar refractivity (Wildman–Crippen MR) is 78.2 cm³/mol. The van der Waals surface area contributed by atoms with Crippen molar-refractivity contribution in [1.29, 1.82) is 0 Å². The van der Waals surface area contributed by atoms with Gasteiger partial charge in [-0.3, -0.25) is 0 Å². The molecule has 0 nitrogen and oxygen atoms in total. The minimum atomic E-state index is 1.09. The third-order valence-corrected chi connectivity index (χ3v) is 3.85. The number of benzene rings is 1. The minimum absolute atomic E-state index is 1.09. The second-order valence-corrected chi connectivity index (χ2v) is 4.95. The molecule has 0 spiro atoms. The van der Waals surface area contributed by atoms with Gasteiger partial charge in [0.1, 0.15) is 0 Å². The van der Waals surface area contributed by atoms with Gasteiger partial charge >= 0.3 is 0 Å². The van der Waals surface area contributed by atoms with Crippen molar-refractivity contribution in [3.8, 4) is 0 Å². The molecule has 90 valence electrons. The van der Waals surface area contributed by atoms with Crippen molar-refractivity contribution in [2.75, 3.05) is 0 Å². The maximum atomic E-state index is 3.83. The second kappa shape index (κ2) is 4.81. The van der Waals surface area contributed by atoms with Crippen LogP contribution >= 0.6 is 0 Å². The van der Waals surface area contributed by atoms with E-state index in [2.05, 4.69) is 49.1 Å². The average Bonchev–Trinajstić information content (AvgIpc) is 3.00. The third kappa shape index (κ3) is 1.88. The lowest BCUT2D eigenvalue weighted by atomic mass is 9.99. The molecule has 0 saturated heterocycles. The molecular weight excluding hydrogens is 216 g/mol. The quantitative estimate of drug-likeness (QED) is 0.638. The zero-order valence-corrected chi connectivity index (χ0v) is 10.7. The Morgan fingerprint density at radius 2 is 1.94 bits per heavy atom. The number of fused-ring (bicyclic) bond motifs is 1. The first kappa shape index (κ1) is 11.3. The van der Waals surface area contributed by atoms with E-state index in [1.807, 2.05) is 6.08 Å². The highest BCUT2D eigenvalue weighted by Gasteiger charge is 2.24. The Balaban J connectivity index is 1.94. The van der Waals surface area contributed by atoms with E-state index in [1.165, 1.54) is 23.1 Å². The van der Waals surface area contributed by atoms with Crippen LogP contribution in [0.4, 0.5) is 0 Å². The summed E-state index contributed by atoms with van der Waals surface area (Å²) in [6, 6.07) is 10.8. The van der Waals surface area contributed by atoms with Crippen LogP contribution in [-0.4, -0.2) is 0 Å². The molecule has 18 heavy (non-hydrogen) atoms. The first-order valence-electron chi connectivity index (χ1n) is 6.67. The van der Waals surface area contributed by atoms with E-state index < -0.39 is 0 Å². The normalized spacial score (nSPS) is 17.6. The fraction of sp³-hybridized carbons (Fsp3) is 0.222. The summed E-state index contributed by atoms with van der Waals surface area (Å²) in [5.41, 5.74) is 7.58. The van der Waals surface area contributed by atoms with Gasteiger partial charge in [-0.1, -0.05) is 54.1 Å². The SMILES string of the molecule is C=CCCC1=C2CC=CC2=C(c2ccccc2)C1. The maximum Gasteiger partial charge on any atom is -0.00488 e. The van der Waals surface area contributed by atoms with Crippen LogP contribution in [0, 0.1) is 0 Å². The summed E-state index contributed by atoms with van der Waals surface area (Å²) >= 11 is 0. The van der Waals surface area contributed by atoms with Crippen LogP contribution in [0.3, 0.4) is 0 Å². The van der Waals surface area contributed by atoms with Gasteiger partial charge in [-0.2, -0.15) is 0 Å². The van der Waals surface area contributed by atoms with Crippen molar-refractivity contribution in [1.82, 2.24) is 0 Å². The van der Waals surface area contributed by atoms with E-state index in [9.17, 15) is 0 Å². The summed E-state index contributed by atoms with van der Waals surface area (Å²) in [6.45, 7) is 3.83. The van der Waals surface area contributed by atoms with Gasteiger partial charge < -0.3 is 0 Å². The summed E-state index contributed by atoms with van der Waals surface area (Å²) in [5.74, 6) is 0. The number of allylic oxidation sites excluding steroid dienone is 7. The van der Waals surface area contributed by atoms with Crippen LogP contribution in [-0.2, 0) is 0 Å². The Morgan fingerprint density at radius 1 is 1.11 bits per heavy atom. The molecule has 0 heterocycles. The highest BCUT2D eigenvalue weighted by Crippen LogP contribution is 2.44. The Labute approximate surface area is 109 Å². The molecule has 0 fully saturated rings. The van der Waals surface area contributed by atoms with Gasteiger partial charge in [-0.05, 0) is 48.0 Å². The molecule has 0 bridgehead atoms. The van der Waals surface area contributed by atoms with Gasteiger partial charge in [0.15, 0.2) is 0 Å². The van der Waals surface area contributed by atoms with Gasteiger partial charge in [0, 0.05) is 0 Å². The molecule has 0 unspecified atom stereocenters. The lowest BCUT2D eigenvalue weighted by molar-refractivity contribution is 0.938. The van der Waals surface area contributed by atoms with Crippen LogP contribution in [0.5, 0.6) is 0 Å². The van der Waals surface area contributed by atoms with Crippen molar-refractivity contribution in [3.05, 3.63) is 77.4 Å². The van der Waals surface area contributed by atoms with E-state index >= 15 is 0 Å². The van der Waals surface area contributed by atoms with Gasteiger partial charge in [-0.15, -0.1) is 6.58 Å². The zero-order valence-electron chi connectivity index (χ0n) is 10.7. The molecular formula is C18H18. The maximum absolute atomic E-state index is 3.83. The van der Waals surface area contributed by atoms with Crippen LogP contribution in [0.1, 0.15) is 31.2 Å². The van der Waals surface area contributed by atoms with Gasteiger partial charge in [-0.25, -0.2) is 0 Å². The molecule has 2 aliphatic rings. The molecule has 0 N–H and O–H groups in total. The van der Waals surface area contributed by atoms with Crippen molar-refractivity contribution >= 4 is 5.57 Å². The van der Waals surface area contributed by atoms with Crippen LogP contribution in [0.15, 0.2) is 71.9 Å².